The van der Waals surface area contributed by atoms with E-state index in [1.807, 2.05) is 0 Å². The summed E-state index contributed by atoms with van der Waals surface area (Å²) in [6.45, 7) is 2.98. The minimum absolute atomic E-state index is 0.351. The lowest BCUT2D eigenvalue weighted by Crippen LogP contribution is -2.29. The SMILES string of the molecule is O=C1NC(=O)/C(=C/c2ccnc(NCC3CCC(CNCCc4ccccc4)CC3)n2)S1. The molecule has 168 valence electrons. The van der Waals surface area contributed by atoms with Gasteiger partial charge in [0.2, 0.25) is 5.95 Å². The lowest BCUT2D eigenvalue weighted by Gasteiger charge is -2.28. The zero-order valence-electron chi connectivity index (χ0n) is 18.0. The van der Waals surface area contributed by atoms with Crippen molar-refractivity contribution in [2.24, 2.45) is 11.8 Å². The van der Waals surface area contributed by atoms with Crippen molar-refractivity contribution in [1.82, 2.24) is 20.6 Å². The predicted octanol–water partition coefficient (Wildman–Crippen LogP) is 3.85. The maximum atomic E-state index is 11.7. The molecule has 1 saturated carbocycles. The number of anilines is 1. The highest BCUT2D eigenvalue weighted by Gasteiger charge is 2.25. The topological polar surface area (TPSA) is 96.0 Å². The van der Waals surface area contributed by atoms with Crippen LogP contribution in [0.1, 0.15) is 36.9 Å². The first-order valence-electron chi connectivity index (χ1n) is 11.2. The Labute approximate surface area is 192 Å². The van der Waals surface area contributed by atoms with Crippen molar-refractivity contribution < 1.29 is 9.59 Å². The number of imide groups is 1. The smallest absolute Gasteiger partial charge is 0.290 e. The first-order valence-corrected chi connectivity index (χ1v) is 12.0. The summed E-state index contributed by atoms with van der Waals surface area (Å²) in [4.78, 5) is 32.1. The van der Waals surface area contributed by atoms with Gasteiger partial charge >= 0.3 is 0 Å². The molecule has 0 atom stereocenters. The lowest BCUT2D eigenvalue weighted by atomic mass is 9.82. The standard InChI is InChI=1S/C24H29N5O2S/c30-22-21(32-24(31)29-22)14-20-11-13-26-23(28-20)27-16-19-8-6-18(7-9-19)15-25-12-10-17-4-2-1-3-5-17/h1-5,11,13-14,18-19,25H,6-10,12,15-16H2,(H,26,27,28)(H,29,30,31)/b21-14-. The fourth-order valence-electron chi connectivity index (χ4n) is 4.15. The molecule has 0 bridgehead atoms. The Morgan fingerprint density at radius 2 is 1.78 bits per heavy atom. The average Bonchev–Trinajstić information content (AvgIpc) is 3.13. The van der Waals surface area contributed by atoms with Gasteiger partial charge in [0.25, 0.3) is 11.1 Å². The summed E-state index contributed by atoms with van der Waals surface area (Å²) in [7, 11) is 0. The number of nitrogens with one attached hydrogen (secondary N) is 3. The molecule has 7 nitrogen and oxygen atoms in total. The second-order valence-corrected chi connectivity index (χ2v) is 9.38. The maximum Gasteiger partial charge on any atom is 0.290 e. The summed E-state index contributed by atoms with van der Waals surface area (Å²) in [6.07, 6.45) is 9.28. The number of hydrogen-bond acceptors (Lipinski definition) is 7. The molecular formula is C24H29N5O2S. The number of thioether (sulfide) groups is 1. The molecule has 0 radical (unpaired) electrons. The van der Waals surface area contributed by atoms with Gasteiger partial charge in [-0.2, -0.15) is 0 Å². The molecule has 2 fully saturated rings. The number of aromatic nitrogens is 2. The first-order chi connectivity index (χ1) is 15.7. The Balaban J connectivity index is 1.16. The highest BCUT2D eigenvalue weighted by atomic mass is 32.2. The molecule has 2 amide bonds. The van der Waals surface area contributed by atoms with E-state index in [0.717, 1.165) is 43.7 Å². The van der Waals surface area contributed by atoms with Crippen molar-refractivity contribution in [2.75, 3.05) is 25.0 Å². The van der Waals surface area contributed by atoms with Gasteiger partial charge in [0.15, 0.2) is 0 Å². The molecule has 1 aromatic carbocycles. The van der Waals surface area contributed by atoms with Crippen molar-refractivity contribution >= 4 is 34.9 Å². The Hall–Kier alpha value is -2.71. The van der Waals surface area contributed by atoms with Gasteiger partial charge < -0.3 is 10.6 Å². The van der Waals surface area contributed by atoms with Crippen LogP contribution in [0.25, 0.3) is 6.08 Å². The zero-order chi connectivity index (χ0) is 22.2. The van der Waals surface area contributed by atoms with Gasteiger partial charge in [0, 0.05) is 12.7 Å². The Kier molecular flexibility index (Phi) is 7.90. The fraction of sp³-hybridized carbons (Fsp3) is 0.417. The molecule has 1 aliphatic heterocycles. The molecule has 1 aliphatic carbocycles. The number of rotatable bonds is 9. The maximum absolute atomic E-state index is 11.7. The van der Waals surface area contributed by atoms with Crippen LogP contribution in [0.2, 0.25) is 0 Å². The van der Waals surface area contributed by atoms with Crippen LogP contribution in [0.15, 0.2) is 47.5 Å². The molecule has 3 N–H and O–H groups in total. The predicted molar refractivity (Wildman–Crippen MR) is 128 cm³/mol. The van der Waals surface area contributed by atoms with Crippen LogP contribution in [0.4, 0.5) is 10.7 Å². The Bertz CT molecular complexity index is 958. The summed E-state index contributed by atoms with van der Waals surface area (Å²) < 4.78 is 0. The van der Waals surface area contributed by atoms with Gasteiger partial charge in [0.1, 0.15) is 0 Å². The first kappa shape index (κ1) is 22.5. The van der Waals surface area contributed by atoms with E-state index in [-0.39, 0.29) is 11.1 Å². The van der Waals surface area contributed by atoms with Crippen molar-refractivity contribution in [3.8, 4) is 0 Å². The molecule has 0 unspecified atom stereocenters. The summed E-state index contributed by atoms with van der Waals surface area (Å²) in [5, 5.41) is 8.87. The Morgan fingerprint density at radius 3 is 2.50 bits per heavy atom. The number of benzene rings is 1. The minimum atomic E-state index is -0.376. The van der Waals surface area contributed by atoms with Crippen LogP contribution in [0, 0.1) is 11.8 Å². The second kappa shape index (κ2) is 11.2. The summed E-state index contributed by atoms with van der Waals surface area (Å²) >= 11 is 0.892. The van der Waals surface area contributed by atoms with E-state index in [2.05, 4.69) is 56.3 Å². The number of carbonyl (C=O) groups excluding carboxylic acids is 2. The molecule has 2 aliphatic rings. The summed E-state index contributed by atoms with van der Waals surface area (Å²) in [5.74, 6) is 1.55. The van der Waals surface area contributed by atoms with E-state index in [1.54, 1.807) is 18.3 Å². The van der Waals surface area contributed by atoms with E-state index in [9.17, 15) is 9.59 Å². The highest BCUT2D eigenvalue weighted by molar-refractivity contribution is 8.18. The highest BCUT2D eigenvalue weighted by Crippen LogP contribution is 2.29. The van der Waals surface area contributed by atoms with E-state index >= 15 is 0 Å². The molecule has 4 rings (SSSR count). The van der Waals surface area contributed by atoms with Gasteiger partial charge in [0.05, 0.1) is 10.6 Å². The van der Waals surface area contributed by atoms with E-state index in [0.29, 0.717) is 22.5 Å². The van der Waals surface area contributed by atoms with Crippen molar-refractivity contribution in [1.29, 1.82) is 0 Å². The molecular weight excluding hydrogens is 422 g/mol. The number of nitrogens with zero attached hydrogens (tertiary/aromatic N) is 2. The number of hydrogen-bond donors (Lipinski definition) is 3. The van der Waals surface area contributed by atoms with Crippen LogP contribution in [0.3, 0.4) is 0 Å². The minimum Gasteiger partial charge on any atom is -0.354 e. The summed E-state index contributed by atoms with van der Waals surface area (Å²) in [5.41, 5.74) is 2.00. The van der Waals surface area contributed by atoms with Crippen molar-refractivity contribution in [3.63, 3.8) is 0 Å². The Morgan fingerprint density at radius 1 is 1.03 bits per heavy atom. The molecule has 32 heavy (non-hydrogen) atoms. The number of amides is 2. The van der Waals surface area contributed by atoms with Crippen LogP contribution < -0.4 is 16.0 Å². The normalized spacial score (nSPS) is 22.2. The molecule has 2 aromatic rings. The third-order valence-electron chi connectivity index (χ3n) is 5.98. The van der Waals surface area contributed by atoms with Crippen LogP contribution in [-0.4, -0.2) is 40.7 Å². The van der Waals surface area contributed by atoms with Crippen molar-refractivity contribution in [3.05, 3.63) is 58.8 Å². The fourth-order valence-corrected chi connectivity index (χ4v) is 4.82. The van der Waals surface area contributed by atoms with E-state index in [4.69, 9.17) is 0 Å². The van der Waals surface area contributed by atoms with Gasteiger partial charge in [-0.3, -0.25) is 14.9 Å². The quantitative estimate of drug-likeness (QED) is 0.394. The molecule has 1 aromatic heterocycles. The van der Waals surface area contributed by atoms with E-state index < -0.39 is 0 Å². The molecule has 1 saturated heterocycles. The van der Waals surface area contributed by atoms with Crippen LogP contribution in [-0.2, 0) is 11.2 Å². The van der Waals surface area contributed by atoms with Gasteiger partial charge in [-0.15, -0.1) is 0 Å². The van der Waals surface area contributed by atoms with Gasteiger partial charge in [-0.25, -0.2) is 9.97 Å². The molecule has 8 heteroatoms. The third-order valence-corrected chi connectivity index (χ3v) is 6.79. The van der Waals surface area contributed by atoms with Gasteiger partial charge in [-0.05, 0) is 86.5 Å². The van der Waals surface area contributed by atoms with Gasteiger partial charge in [-0.1, -0.05) is 30.3 Å². The monoisotopic (exact) mass is 451 g/mol. The average molecular weight is 452 g/mol. The van der Waals surface area contributed by atoms with Crippen LogP contribution in [0.5, 0.6) is 0 Å². The lowest BCUT2D eigenvalue weighted by molar-refractivity contribution is -0.115. The second-order valence-electron chi connectivity index (χ2n) is 8.36. The molecule has 0 spiro atoms. The molecule has 2 heterocycles. The summed E-state index contributed by atoms with van der Waals surface area (Å²) in [6, 6.07) is 12.3. The van der Waals surface area contributed by atoms with E-state index in [1.165, 1.54) is 31.2 Å². The number of carbonyl (C=O) groups is 2. The van der Waals surface area contributed by atoms with Crippen molar-refractivity contribution in [2.45, 2.75) is 32.1 Å². The largest absolute Gasteiger partial charge is 0.354 e. The zero-order valence-corrected chi connectivity index (χ0v) is 18.9. The van der Waals surface area contributed by atoms with Crippen LogP contribution >= 0.6 is 11.8 Å². The third kappa shape index (κ3) is 6.64.